The topological polar surface area (TPSA) is 76.2 Å². The average Bonchev–Trinajstić information content (AvgIpc) is 3.06. The van der Waals surface area contributed by atoms with E-state index in [1.807, 2.05) is 60.7 Å². The Hall–Kier alpha value is -3.47. The summed E-state index contributed by atoms with van der Waals surface area (Å²) in [5.74, 6) is -1.04. The number of pyridine rings is 1. The second-order valence-corrected chi connectivity index (χ2v) is 5.30. The number of nitrogens with zero attached hydrogens (tertiary/aromatic N) is 2. The molecule has 24 heavy (non-hydrogen) atoms. The van der Waals surface area contributed by atoms with Gasteiger partial charge in [-0.25, -0.2) is 9.78 Å². The van der Waals surface area contributed by atoms with Gasteiger partial charge in [0, 0.05) is 11.1 Å². The minimum absolute atomic E-state index is 0.124. The van der Waals surface area contributed by atoms with Gasteiger partial charge in [0.15, 0.2) is 0 Å². The van der Waals surface area contributed by atoms with Gasteiger partial charge in [0.1, 0.15) is 5.69 Å². The van der Waals surface area contributed by atoms with Gasteiger partial charge in [0.25, 0.3) is 5.71 Å². The fourth-order valence-electron chi connectivity index (χ4n) is 2.67. The summed E-state index contributed by atoms with van der Waals surface area (Å²) in [6.07, 6.45) is 0. The van der Waals surface area contributed by atoms with Crippen LogP contribution in [0.4, 0.5) is 0 Å². The largest absolute Gasteiger partial charge is 0.478 e. The van der Waals surface area contributed by atoms with E-state index in [4.69, 9.17) is 4.52 Å². The van der Waals surface area contributed by atoms with Gasteiger partial charge >= 0.3 is 5.97 Å². The van der Waals surface area contributed by atoms with Gasteiger partial charge in [0.05, 0.1) is 16.6 Å². The van der Waals surface area contributed by atoms with Crippen molar-refractivity contribution in [2.45, 2.75) is 0 Å². The standard InChI is InChI=1S/C19H12N2O3/c22-19(23)14-11-15(12-7-3-1-4-8-12)20-18-16(14)17(21-24-18)13-9-5-2-6-10-13/h1-11H,(H,22,23). The summed E-state index contributed by atoms with van der Waals surface area (Å²) >= 11 is 0. The van der Waals surface area contributed by atoms with Crippen LogP contribution in [-0.4, -0.2) is 21.2 Å². The van der Waals surface area contributed by atoms with Crippen LogP contribution in [-0.2, 0) is 0 Å². The molecule has 0 aliphatic rings. The lowest BCUT2D eigenvalue weighted by Crippen LogP contribution is -2.00. The molecule has 2 heterocycles. The predicted octanol–water partition coefficient (Wildman–Crippen LogP) is 4.26. The molecule has 2 aromatic carbocycles. The van der Waals surface area contributed by atoms with Crippen LogP contribution < -0.4 is 0 Å². The number of carboxylic acids is 1. The Kier molecular flexibility index (Phi) is 3.31. The molecule has 4 rings (SSSR count). The van der Waals surface area contributed by atoms with Crippen LogP contribution in [0.2, 0.25) is 0 Å². The summed E-state index contributed by atoms with van der Waals surface area (Å²) in [7, 11) is 0. The van der Waals surface area contributed by atoms with E-state index in [2.05, 4.69) is 10.1 Å². The van der Waals surface area contributed by atoms with E-state index in [0.717, 1.165) is 11.1 Å². The lowest BCUT2D eigenvalue weighted by Gasteiger charge is -2.04. The number of benzene rings is 2. The second-order valence-electron chi connectivity index (χ2n) is 5.30. The van der Waals surface area contributed by atoms with Crippen LogP contribution in [0.25, 0.3) is 33.6 Å². The number of rotatable bonds is 3. The molecule has 2 aromatic heterocycles. The molecule has 0 unspecified atom stereocenters. The van der Waals surface area contributed by atoms with E-state index in [1.54, 1.807) is 6.07 Å². The van der Waals surface area contributed by atoms with Crippen molar-refractivity contribution < 1.29 is 14.4 Å². The number of aromatic carboxylic acids is 1. The number of aromatic nitrogens is 2. The third kappa shape index (κ3) is 2.32. The molecule has 0 amide bonds. The Balaban J connectivity index is 2.00. The van der Waals surface area contributed by atoms with Gasteiger partial charge in [0.2, 0.25) is 0 Å². The molecule has 0 spiro atoms. The molecule has 4 aromatic rings. The van der Waals surface area contributed by atoms with Crippen molar-refractivity contribution in [2.75, 3.05) is 0 Å². The molecule has 0 atom stereocenters. The van der Waals surface area contributed by atoms with Crippen molar-refractivity contribution in [3.05, 3.63) is 72.3 Å². The molecule has 0 saturated heterocycles. The summed E-state index contributed by atoms with van der Waals surface area (Å²) < 4.78 is 5.33. The van der Waals surface area contributed by atoms with Gasteiger partial charge in [-0.2, -0.15) is 0 Å². The number of carbonyl (C=O) groups is 1. The zero-order chi connectivity index (χ0) is 16.5. The van der Waals surface area contributed by atoms with Gasteiger partial charge in [-0.1, -0.05) is 65.8 Å². The zero-order valence-electron chi connectivity index (χ0n) is 12.5. The highest BCUT2D eigenvalue weighted by Crippen LogP contribution is 2.32. The number of fused-ring (bicyclic) bond motifs is 1. The minimum Gasteiger partial charge on any atom is -0.478 e. The summed E-state index contributed by atoms with van der Waals surface area (Å²) in [5.41, 5.74) is 2.96. The maximum Gasteiger partial charge on any atom is 0.336 e. The SMILES string of the molecule is O=C(O)c1cc(-c2ccccc2)nc2onc(-c3ccccc3)c12. The lowest BCUT2D eigenvalue weighted by molar-refractivity contribution is 0.0699. The van der Waals surface area contributed by atoms with Crippen LogP contribution in [0.5, 0.6) is 0 Å². The minimum atomic E-state index is -1.04. The number of carboxylic acid groups (broad SMARTS) is 1. The van der Waals surface area contributed by atoms with Crippen molar-refractivity contribution in [3.63, 3.8) is 0 Å². The molecule has 0 fully saturated rings. The molecule has 0 aliphatic carbocycles. The Morgan fingerprint density at radius 1 is 0.917 bits per heavy atom. The van der Waals surface area contributed by atoms with Crippen molar-refractivity contribution in [1.82, 2.24) is 10.1 Å². The van der Waals surface area contributed by atoms with E-state index in [0.29, 0.717) is 16.8 Å². The summed E-state index contributed by atoms with van der Waals surface area (Å²) in [5, 5.41) is 14.1. The first-order valence-electron chi connectivity index (χ1n) is 7.38. The van der Waals surface area contributed by atoms with E-state index in [-0.39, 0.29) is 11.3 Å². The van der Waals surface area contributed by atoms with E-state index < -0.39 is 5.97 Å². The van der Waals surface area contributed by atoms with Crippen molar-refractivity contribution in [2.24, 2.45) is 0 Å². The lowest BCUT2D eigenvalue weighted by atomic mass is 10.0. The molecular formula is C19H12N2O3. The third-order valence-corrected chi connectivity index (χ3v) is 3.79. The first kappa shape index (κ1) is 14.1. The summed E-state index contributed by atoms with van der Waals surface area (Å²) in [6, 6.07) is 20.3. The molecule has 0 bridgehead atoms. The van der Waals surface area contributed by atoms with Gasteiger partial charge < -0.3 is 9.63 Å². The Labute approximate surface area is 137 Å². The van der Waals surface area contributed by atoms with E-state index in [9.17, 15) is 9.90 Å². The van der Waals surface area contributed by atoms with Gasteiger partial charge in [-0.3, -0.25) is 0 Å². The first-order chi connectivity index (χ1) is 11.7. The van der Waals surface area contributed by atoms with Crippen molar-refractivity contribution in [1.29, 1.82) is 0 Å². The Bertz CT molecular complexity index is 1020. The highest BCUT2D eigenvalue weighted by atomic mass is 16.5. The van der Waals surface area contributed by atoms with Gasteiger partial charge in [-0.05, 0) is 6.07 Å². The monoisotopic (exact) mass is 316 g/mol. The first-order valence-corrected chi connectivity index (χ1v) is 7.38. The fraction of sp³-hybridized carbons (Fsp3) is 0. The zero-order valence-corrected chi connectivity index (χ0v) is 12.5. The fourth-order valence-corrected chi connectivity index (χ4v) is 2.67. The van der Waals surface area contributed by atoms with Crippen LogP contribution in [0.15, 0.2) is 71.3 Å². The Morgan fingerprint density at radius 2 is 1.54 bits per heavy atom. The molecular weight excluding hydrogens is 304 g/mol. The smallest absolute Gasteiger partial charge is 0.336 e. The maximum absolute atomic E-state index is 11.8. The second kappa shape index (κ2) is 5.62. The average molecular weight is 316 g/mol. The number of hydrogen-bond acceptors (Lipinski definition) is 4. The normalized spacial score (nSPS) is 10.8. The third-order valence-electron chi connectivity index (χ3n) is 3.79. The van der Waals surface area contributed by atoms with Crippen LogP contribution in [0.1, 0.15) is 10.4 Å². The number of hydrogen-bond donors (Lipinski definition) is 1. The molecule has 0 saturated carbocycles. The van der Waals surface area contributed by atoms with Crippen LogP contribution in [0, 0.1) is 0 Å². The summed E-state index contributed by atoms with van der Waals surface area (Å²) in [6.45, 7) is 0. The quantitative estimate of drug-likeness (QED) is 0.611. The molecule has 5 heteroatoms. The molecule has 0 aliphatic heterocycles. The molecule has 5 nitrogen and oxygen atoms in total. The Morgan fingerprint density at radius 3 is 2.17 bits per heavy atom. The van der Waals surface area contributed by atoms with Crippen LogP contribution in [0.3, 0.4) is 0 Å². The van der Waals surface area contributed by atoms with E-state index >= 15 is 0 Å². The van der Waals surface area contributed by atoms with Crippen molar-refractivity contribution in [3.8, 4) is 22.5 Å². The van der Waals surface area contributed by atoms with Crippen molar-refractivity contribution >= 4 is 17.1 Å². The van der Waals surface area contributed by atoms with E-state index in [1.165, 1.54) is 0 Å². The highest BCUT2D eigenvalue weighted by molar-refractivity contribution is 6.07. The van der Waals surface area contributed by atoms with Crippen LogP contribution >= 0.6 is 0 Å². The maximum atomic E-state index is 11.8. The summed E-state index contributed by atoms with van der Waals surface area (Å²) in [4.78, 5) is 16.2. The molecule has 0 radical (unpaired) electrons. The highest BCUT2D eigenvalue weighted by Gasteiger charge is 2.21. The van der Waals surface area contributed by atoms with Gasteiger partial charge in [-0.15, -0.1) is 0 Å². The molecule has 1 N–H and O–H groups in total. The predicted molar refractivity (Wildman–Crippen MR) is 89.6 cm³/mol. The molecule has 116 valence electrons.